The van der Waals surface area contributed by atoms with Crippen LogP contribution in [0.3, 0.4) is 0 Å². The summed E-state index contributed by atoms with van der Waals surface area (Å²) in [4.78, 5) is 10.9. The normalized spacial score (nSPS) is 10.0. The molecule has 0 aromatic carbocycles. The SMILES string of the molecule is CCCCCCOC(=O)CCC[O]. The van der Waals surface area contributed by atoms with Crippen molar-refractivity contribution in [1.29, 1.82) is 0 Å². The topological polar surface area (TPSA) is 46.2 Å². The molecule has 0 heterocycles. The quantitative estimate of drug-likeness (QED) is 0.432. The van der Waals surface area contributed by atoms with E-state index in [9.17, 15) is 9.90 Å². The summed E-state index contributed by atoms with van der Waals surface area (Å²) in [5, 5.41) is 10.0. The first-order chi connectivity index (χ1) is 6.31. The number of carbonyl (C=O) groups excluding carboxylic acids is 1. The minimum atomic E-state index is -0.229. The first-order valence-corrected chi connectivity index (χ1v) is 5.05. The van der Waals surface area contributed by atoms with Crippen molar-refractivity contribution in [3.8, 4) is 0 Å². The Morgan fingerprint density at radius 1 is 1.15 bits per heavy atom. The molecule has 13 heavy (non-hydrogen) atoms. The molecule has 0 amide bonds. The maximum Gasteiger partial charge on any atom is 0.305 e. The lowest BCUT2D eigenvalue weighted by Gasteiger charge is -2.02. The van der Waals surface area contributed by atoms with E-state index in [-0.39, 0.29) is 19.0 Å². The van der Waals surface area contributed by atoms with Crippen LogP contribution in [-0.2, 0) is 14.6 Å². The summed E-state index contributed by atoms with van der Waals surface area (Å²) >= 11 is 0. The van der Waals surface area contributed by atoms with Crippen molar-refractivity contribution in [2.24, 2.45) is 0 Å². The highest BCUT2D eigenvalue weighted by molar-refractivity contribution is 5.69. The summed E-state index contributed by atoms with van der Waals surface area (Å²) in [7, 11) is 0. The summed E-state index contributed by atoms with van der Waals surface area (Å²) in [5.41, 5.74) is 0. The third-order valence-corrected chi connectivity index (χ3v) is 1.79. The fourth-order valence-corrected chi connectivity index (χ4v) is 1.00. The van der Waals surface area contributed by atoms with E-state index < -0.39 is 0 Å². The van der Waals surface area contributed by atoms with E-state index >= 15 is 0 Å². The Bertz CT molecular complexity index is 123. The molecule has 0 rings (SSSR count). The van der Waals surface area contributed by atoms with Gasteiger partial charge in [-0.2, -0.15) is 0 Å². The lowest BCUT2D eigenvalue weighted by molar-refractivity contribution is -0.144. The fraction of sp³-hybridized carbons (Fsp3) is 0.900. The molecule has 0 unspecified atom stereocenters. The molecule has 0 aromatic rings. The van der Waals surface area contributed by atoms with E-state index in [0.717, 1.165) is 12.8 Å². The van der Waals surface area contributed by atoms with Crippen molar-refractivity contribution in [2.45, 2.75) is 45.4 Å². The number of unbranched alkanes of at least 4 members (excludes halogenated alkanes) is 3. The summed E-state index contributed by atoms with van der Waals surface area (Å²) in [6.45, 7) is 2.46. The van der Waals surface area contributed by atoms with E-state index in [1.54, 1.807) is 0 Å². The Morgan fingerprint density at radius 2 is 1.92 bits per heavy atom. The number of ether oxygens (including phenoxy) is 1. The maximum atomic E-state index is 10.9. The highest BCUT2D eigenvalue weighted by Gasteiger charge is 2.00. The number of hydrogen-bond acceptors (Lipinski definition) is 2. The van der Waals surface area contributed by atoms with Gasteiger partial charge in [0.2, 0.25) is 0 Å². The molecule has 0 aliphatic heterocycles. The van der Waals surface area contributed by atoms with Gasteiger partial charge < -0.3 is 4.74 Å². The van der Waals surface area contributed by atoms with Crippen molar-refractivity contribution in [1.82, 2.24) is 0 Å². The Kier molecular flexibility index (Phi) is 9.10. The summed E-state index contributed by atoms with van der Waals surface area (Å²) < 4.78 is 4.91. The van der Waals surface area contributed by atoms with Crippen LogP contribution in [0.4, 0.5) is 0 Å². The number of esters is 1. The first-order valence-electron chi connectivity index (χ1n) is 5.05. The molecule has 0 aliphatic rings. The number of rotatable bonds is 8. The van der Waals surface area contributed by atoms with E-state index in [4.69, 9.17) is 4.74 Å². The van der Waals surface area contributed by atoms with E-state index in [0.29, 0.717) is 13.0 Å². The molecule has 0 bridgehead atoms. The van der Waals surface area contributed by atoms with Gasteiger partial charge in [-0.05, 0) is 12.8 Å². The molecule has 0 saturated carbocycles. The van der Waals surface area contributed by atoms with Crippen molar-refractivity contribution >= 4 is 5.97 Å². The van der Waals surface area contributed by atoms with Crippen LogP contribution < -0.4 is 0 Å². The first kappa shape index (κ1) is 12.4. The van der Waals surface area contributed by atoms with Crippen molar-refractivity contribution < 1.29 is 14.6 Å². The Morgan fingerprint density at radius 3 is 2.54 bits per heavy atom. The lowest BCUT2D eigenvalue weighted by Crippen LogP contribution is -2.06. The van der Waals surface area contributed by atoms with E-state index in [2.05, 4.69) is 6.92 Å². The summed E-state index contributed by atoms with van der Waals surface area (Å²) in [6.07, 6.45) is 5.11. The number of carbonyl (C=O) groups is 1. The number of hydrogen-bond donors (Lipinski definition) is 0. The molecule has 77 valence electrons. The molecule has 0 aromatic heterocycles. The van der Waals surface area contributed by atoms with Gasteiger partial charge in [-0.25, -0.2) is 5.11 Å². The van der Waals surface area contributed by atoms with Gasteiger partial charge in [-0.15, -0.1) is 0 Å². The van der Waals surface area contributed by atoms with Gasteiger partial charge in [0.15, 0.2) is 0 Å². The second-order valence-electron chi connectivity index (χ2n) is 3.09. The monoisotopic (exact) mass is 187 g/mol. The van der Waals surface area contributed by atoms with Gasteiger partial charge in [0, 0.05) is 6.42 Å². The minimum absolute atomic E-state index is 0.190. The zero-order valence-electron chi connectivity index (χ0n) is 8.38. The molecule has 0 spiro atoms. The van der Waals surface area contributed by atoms with Crippen LogP contribution in [-0.4, -0.2) is 19.2 Å². The van der Waals surface area contributed by atoms with Crippen LogP contribution in [0.2, 0.25) is 0 Å². The summed E-state index contributed by atoms with van der Waals surface area (Å²) in [6, 6.07) is 0. The minimum Gasteiger partial charge on any atom is -0.466 e. The Labute approximate surface area is 80.1 Å². The predicted molar refractivity (Wildman–Crippen MR) is 49.9 cm³/mol. The van der Waals surface area contributed by atoms with Crippen LogP contribution in [0.25, 0.3) is 0 Å². The standard InChI is InChI=1S/C10H19O3/c1-2-3-4-5-9-13-10(12)7-6-8-11/h2-9H2,1H3. The van der Waals surface area contributed by atoms with E-state index in [1.165, 1.54) is 12.8 Å². The van der Waals surface area contributed by atoms with Crippen molar-refractivity contribution in [3.63, 3.8) is 0 Å². The Balaban J connectivity index is 3.08. The van der Waals surface area contributed by atoms with Gasteiger partial charge in [-0.1, -0.05) is 26.2 Å². The highest BCUT2D eigenvalue weighted by atomic mass is 16.5. The van der Waals surface area contributed by atoms with Crippen LogP contribution >= 0.6 is 0 Å². The van der Waals surface area contributed by atoms with Crippen molar-refractivity contribution in [2.75, 3.05) is 13.2 Å². The zero-order chi connectivity index (χ0) is 9.94. The highest BCUT2D eigenvalue weighted by Crippen LogP contribution is 2.00. The van der Waals surface area contributed by atoms with Crippen molar-refractivity contribution in [3.05, 3.63) is 0 Å². The van der Waals surface area contributed by atoms with Gasteiger partial charge in [-0.3, -0.25) is 4.79 Å². The molecule has 0 N–H and O–H groups in total. The van der Waals surface area contributed by atoms with Gasteiger partial charge >= 0.3 is 5.97 Å². The van der Waals surface area contributed by atoms with Gasteiger partial charge in [0.05, 0.1) is 13.2 Å². The Hall–Kier alpha value is -0.570. The molecule has 0 saturated heterocycles. The largest absolute Gasteiger partial charge is 0.466 e. The molecule has 3 heteroatoms. The fourth-order valence-electron chi connectivity index (χ4n) is 1.00. The predicted octanol–water partition coefficient (Wildman–Crippen LogP) is 2.32. The van der Waals surface area contributed by atoms with Crippen LogP contribution in [0.1, 0.15) is 45.4 Å². The lowest BCUT2D eigenvalue weighted by atomic mass is 10.2. The maximum absolute atomic E-state index is 10.9. The third-order valence-electron chi connectivity index (χ3n) is 1.79. The molecule has 0 fully saturated rings. The molecular formula is C10H19O3. The van der Waals surface area contributed by atoms with Gasteiger partial charge in [0.1, 0.15) is 0 Å². The zero-order valence-corrected chi connectivity index (χ0v) is 8.38. The average molecular weight is 187 g/mol. The summed E-state index contributed by atoms with van der Waals surface area (Å²) in [5.74, 6) is -0.229. The molecule has 0 aliphatic carbocycles. The smallest absolute Gasteiger partial charge is 0.305 e. The molecular weight excluding hydrogens is 168 g/mol. The second-order valence-corrected chi connectivity index (χ2v) is 3.09. The molecule has 0 atom stereocenters. The van der Waals surface area contributed by atoms with Crippen LogP contribution in [0, 0.1) is 0 Å². The van der Waals surface area contributed by atoms with E-state index in [1.807, 2.05) is 0 Å². The van der Waals surface area contributed by atoms with Crippen LogP contribution in [0.15, 0.2) is 0 Å². The second kappa shape index (κ2) is 9.52. The average Bonchev–Trinajstić information content (AvgIpc) is 2.14. The third kappa shape index (κ3) is 9.34. The molecule has 1 radical (unpaired) electrons. The van der Waals surface area contributed by atoms with Gasteiger partial charge in [0.25, 0.3) is 0 Å². The molecule has 3 nitrogen and oxygen atoms in total. The van der Waals surface area contributed by atoms with Crippen LogP contribution in [0.5, 0.6) is 0 Å².